The van der Waals surface area contributed by atoms with Crippen molar-refractivity contribution in [2.24, 2.45) is 5.41 Å². The van der Waals surface area contributed by atoms with Gasteiger partial charge >= 0.3 is 0 Å². The van der Waals surface area contributed by atoms with Crippen molar-refractivity contribution in [3.63, 3.8) is 0 Å². The predicted octanol–water partition coefficient (Wildman–Crippen LogP) is 1.96. The molecule has 3 rings (SSSR count). The molecule has 0 atom stereocenters. The van der Waals surface area contributed by atoms with Crippen LogP contribution in [-0.2, 0) is 11.2 Å². The second kappa shape index (κ2) is 3.14. The van der Waals surface area contributed by atoms with Crippen LogP contribution in [0.2, 0.25) is 0 Å². The van der Waals surface area contributed by atoms with E-state index in [0.717, 1.165) is 48.7 Å². The summed E-state index contributed by atoms with van der Waals surface area (Å²) in [6, 6.07) is 1.93. The molecule has 1 spiro atoms. The molecular weight excluding hydrogens is 204 g/mol. The summed E-state index contributed by atoms with van der Waals surface area (Å²) in [5.74, 6) is 1.34. The number of phenols is 1. The topological polar surface area (TPSA) is 38.7 Å². The molecule has 2 aliphatic rings. The van der Waals surface area contributed by atoms with Crippen molar-refractivity contribution in [2.45, 2.75) is 20.3 Å². The molecule has 0 bridgehead atoms. The van der Waals surface area contributed by atoms with Crippen LogP contribution in [0.5, 0.6) is 11.5 Å². The lowest BCUT2D eigenvalue weighted by atomic mass is 9.77. The lowest BCUT2D eigenvalue weighted by Gasteiger charge is -2.44. The fourth-order valence-corrected chi connectivity index (χ4v) is 2.56. The number of aromatic hydroxyl groups is 1. The average molecular weight is 220 g/mol. The number of rotatable bonds is 0. The van der Waals surface area contributed by atoms with Crippen molar-refractivity contribution < 1.29 is 14.6 Å². The van der Waals surface area contributed by atoms with Gasteiger partial charge in [0.15, 0.2) is 0 Å². The van der Waals surface area contributed by atoms with Crippen LogP contribution in [0, 0.1) is 19.3 Å². The van der Waals surface area contributed by atoms with Gasteiger partial charge in [0.2, 0.25) is 0 Å². The van der Waals surface area contributed by atoms with Gasteiger partial charge in [0.1, 0.15) is 11.5 Å². The maximum atomic E-state index is 9.94. The maximum absolute atomic E-state index is 9.94. The normalized spacial score (nSPS) is 21.1. The predicted molar refractivity (Wildman–Crippen MR) is 60.0 cm³/mol. The molecule has 3 heteroatoms. The zero-order valence-electron chi connectivity index (χ0n) is 9.67. The Morgan fingerprint density at radius 1 is 1.25 bits per heavy atom. The van der Waals surface area contributed by atoms with Gasteiger partial charge in [0.05, 0.1) is 25.2 Å². The van der Waals surface area contributed by atoms with E-state index < -0.39 is 0 Å². The fourth-order valence-electron chi connectivity index (χ4n) is 2.56. The Morgan fingerprint density at radius 2 is 2.00 bits per heavy atom. The van der Waals surface area contributed by atoms with E-state index in [1.807, 2.05) is 19.9 Å². The van der Waals surface area contributed by atoms with E-state index in [4.69, 9.17) is 9.47 Å². The minimum absolute atomic E-state index is 0.166. The lowest BCUT2D eigenvalue weighted by Crippen LogP contribution is -2.50. The van der Waals surface area contributed by atoms with Crippen LogP contribution >= 0.6 is 0 Å². The summed E-state index contributed by atoms with van der Waals surface area (Å²) >= 11 is 0. The number of ether oxygens (including phenoxy) is 2. The first-order valence-corrected chi connectivity index (χ1v) is 5.64. The van der Waals surface area contributed by atoms with Crippen molar-refractivity contribution in [2.75, 3.05) is 19.8 Å². The Labute approximate surface area is 95.0 Å². The Hall–Kier alpha value is -1.22. The van der Waals surface area contributed by atoms with E-state index >= 15 is 0 Å². The lowest BCUT2D eigenvalue weighted by molar-refractivity contribution is -0.137. The van der Waals surface area contributed by atoms with E-state index in [1.165, 1.54) is 0 Å². The molecule has 1 saturated heterocycles. The highest BCUT2D eigenvalue weighted by Crippen LogP contribution is 2.43. The van der Waals surface area contributed by atoms with Crippen molar-refractivity contribution in [1.29, 1.82) is 0 Å². The third kappa shape index (κ3) is 1.24. The Bertz CT molecular complexity index is 447. The summed E-state index contributed by atoms with van der Waals surface area (Å²) < 4.78 is 11.1. The third-order valence-electron chi connectivity index (χ3n) is 3.73. The molecular formula is C13H16O3. The van der Waals surface area contributed by atoms with Crippen molar-refractivity contribution in [3.05, 3.63) is 22.8 Å². The summed E-state index contributed by atoms with van der Waals surface area (Å²) in [6.07, 6.45) is 0.960. The first-order chi connectivity index (χ1) is 7.61. The number of fused-ring (bicyclic) bond motifs is 1. The van der Waals surface area contributed by atoms with Crippen LogP contribution in [0.3, 0.4) is 0 Å². The van der Waals surface area contributed by atoms with E-state index in [-0.39, 0.29) is 5.41 Å². The van der Waals surface area contributed by atoms with Gasteiger partial charge in [-0.3, -0.25) is 0 Å². The van der Waals surface area contributed by atoms with Crippen LogP contribution in [0.4, 0.5) is 0 Å². The summed E-state index contributed by atoms with van der Waals surface area (Å²) in [4.78, 5) is 0. The molecule has 0 aromatic heterocycles. The molecule has 0 radical (unpaired) electrons. The third-order valence-corrected chi connectivity index (χ3v) is 3.73. The molecule has 0 unspecified atom stereocenters. The first-order valence-electron chi connectivity index (χ1n) is 5.64. The summed E-state index contributed by atoms with van der Waals surface area (Å²) in [6.45, 7) is 6.16. The van der Waals surface area contributed by atoms with Crippen LogP contribution in [0.25, 0.3) is 0 Å². The highest BCUT2D eigenvalue weighted by atomic mass is 16.5. The highest BCUT2D eigenvalue weighted by molar-refractivity contribution is 5.53. The maximum Gasteiger partial charge on any atom is 0.123 e. The standard InChI is InChI=1S/C13H16O3/c1-8-3-11-10(9(2)12(8)14)4-13(7-16-11)5-15-6-13/h3,14H,4-7H2,1-2H3. The smallest absolute Gasteiger partial charge is 0.123 e. The highest BCUT2D eigenvalue weighted by Gasteiger charge is 2.43. The molecule has 2 heterocycles. The van der Waals surface area contributed by atoms with Gasteiger partial charge in [-0.2, -0.15) is 0 Å². The van der Waals surface area contributed by atoms with Crippen molar-refractivity contribution in [1.82, 2.24) is 0 Å². The number of hydrogen-bond acceptors (Lipinski definition) is 3. The zero-order chi connectivity index (χ0) is 11.3. The quantitative estimate of drug-likeness (QED) is 0.726. The molecule has 1 fully saturated rings. The molecule has 1 aromatic carbocycles. The zero-order valence-corrected chi connectivity index (χ0v) is 9.67. The molecule has 16 heavy (non-hydrogen) atoms. The van der Waals surface area contributed by atoms with Crippen LogP contribution in [0.15, 0.2) is 6.07 Å². The van der Waals surface area contributed by atoms with Crippen molar-refractivity contribution in [3.8, 4) is 11.5 Å². The molecule has 3 nitrogen and oxygen atoms in total. The molecule has 1 N–H and O–H groups in total. The second-order valence-electron chi connectivity index (χ2n) is 5.10. The van der Waals surface area contributed by atoms with E-state index in [1.54, 1.807) is 0 Å². The average Bonchev–Trinajstić information content (AvgIpc) is 2.24. The second-order valence-corrected chi connectivity index (χ2v) is 5.10. The molecule has 86 valence electrons. The van der Waals surface area contributed by atoms with Gasteiger partial charge in [0.25, 0.3) is 0 Å². The van der Waals surface area contributed by atoms with Crippen LogP contribution < -0.4 is 4.74 Å². The minimum atomic E-state index is 0.166. The van der Waals surface area contributed by atoms with Gasteiger partial charge in [-0.05, 0) is 37.5 Å². The number of benzene rings is 1. The Balaban J connectivity index is 2.06. The number of hydrogen-bond donors (Lipinski definition) is 1. The minimum Gasteiger partial charge on any atom is -0.507 e. The molecule has 0 saturated carbocycles. The summed E-state index contributed by atoms with van der Waals surface area (Å²) in [5.41, 5.74) is 3.16. The fraction of sp³-hybridized carbons (Fsp3) is 0.538. The Morgan fingerprint density at radius 3 is 2.62 bits per heavy atom. The SMILES string of the molecule is Cc1cc2c(c(C)c1O)CC1(COC1)CO2. The summed E-state index contributed by atoms with van der Waals surface area (Å²) in [5, 5.41) is 9.94. The molecule has 2 aliphatic heterocycles. The van der Waals surface area contributed by atoms with Gasteiger partial charge in [-0.1, -0.05) is 0 Å². The number of phenolic OH excluding ortho intramolecular Hbond substituents is 1. The van der Waals surface area contributed by atoms with E-state index in [9.17, 15) is 5.11 Å². The van der Waals surface area contributed by atoms with E-state index in [0.29, 0.717) is 5.75 Å². The monoisotopic (exact) mass is 220 g/mol. The van der Waals surface area contributed by atoms with Crippen LogP contribution in [0.1, 0.15) is 16.7 Å². The Kier molecular flexibility index (Phi) is 1.96. The molecule has 1 aromatic rings. The van der Waals surface area contributed by atoms with Gasteiger partial charge in [-0.25, -0.2) is 0 Å². The van der Waals surface area contributed by atoms with Gasteiger partial charge in [-0.15, -0.1) is 0 Å². The molecule has 0 amide bonds. The summed E-state index contributed by atoms with van der Waals surface area (Å²) in [7, 11) is 0. The van der Waals surface area contributed by atoms with E-state index in [2.05, 4.69) is 0 Å². The van der Waals surface area contributed by atoms with Crippen LogP contribution in [-0.4, -0.2) is 24.9 Å². The van der Waals surface area contributed by atoms with Gasteiger partial charge < -0.3 is 14.6 Å². The first kappa shape index (κ1) is 9.97. The molecule has 0 aliphatic carbocycles. The number of aryl methyl sites for hydroxylation is 1. The van der Waals surface area contributed by atoms with Crippen molar-refractivity contribution >= 4 is 0 Å². The largest absolute Gasteiger partial charge is 0.507 e. The van der Waals surface area contributed by atoms with Gasteiger partial charge in [0, 0.05) is 5.56 Å².